The lowest BCUT2D eigenvalue weighted by atomic mass is 10.1. The van der Waals surface area contributed by atoms with E-state index in [1.165, 1.54) is 5.69 Å². The highest BCUT2D eigenvalue weighted by Crippen LogP contribution is 2.22. The third-order valence-corrected chi connectivity index (χ3v) is 4.02. The molecular weight excluding hydrogens is 238 g/mol. The Morgan fingerprint density at radius 3 is 2.63 bits per heavy atom. The minimum absolute atomic E-state index is 0.355. The van der Waals surface area contributed by atoms with Crippen molar-refractivity contribution >= 4 is 5.69 Å². The summed E-state index contributed by atoms with van der Waals surface area (Å²) in [6, 6.07) is 4.69. The fourth-order valence-electron chi connectivity index (χ4n) is 2.70. The molecule has 0 bridgehead atoms. The Bertz CT molecular complexity index is 367. The maximum atomic E-state index is 5.40. The van der Waals surface area contributed by atoms with Gasteiger partial charge in [0.25, 0.3) is 0 Å². The van der Waals surface area contributed by atoms with Gasteiger partial charge in [0.15, 0.2) is 0 Å². The van der Waals surface area contributed by atoms with Crippen molar-refractivity contribution in [2.75, 3.05) is 32.1 Å². The SMILES string of the molecule is CCC(NC)c1ccc(N2CCC(OC)CC2)cn1. The average Bonchev–Trinajstić information content (AvgIpc) is 2.49. The second-order valence-electron chi connectivity index (χ2n) is 5.11. The first kappa shape index (κ1) is 14.3. The molecule has 0 aliphatic carbocycles. The topological polar surface area (TPSA) is 37.4 Å². The van der Waals surface area contributed by atoms with Gasteiger partial charge in [-0.15, -0.1) is 0 Å². The molecule has 1 fully saturated rings. The molecule has 4 heteroatoms. The summed E-state index contributed by atoms with van der Waals surface area (Å²) in [5, 5.41) is 3.29. The van der Waals surface area contributed by atoms with Crippen LogP contribution in [0.2, 0.25) is 0 Å². The Kier molecular flexibility index (Phi) is 5.16. The number of ether oxygens (including phenoxy) is 1. The lowest BCUT2D eigenvalue weighted by Gasteiger charge is -2.32. The third-order valence-electron chi connectivity index (χ3n) is 4.02. The Labute approximate surface area is 116 Å². The number of methoxy groups -OCH3 is 1. The van der Waals surface area contributed by atoms with Gasteiger partial charge in [0.1, 0.15) is 0 Å². The number of rotatable bonds is 5. The number of pyridine rings is 1. The molecule has 0 aromatic carbocycles. The van der Waals surface area contributed by atoms with Crippen LogP contribution in [0.15, 0.2) is 18.3 Å². The van der Waals surface area contributed by atoms with Gasteiger partial charge in [0, 0.05) is 26.2 Å². The number of piperidine rings is 1. The summed E-state index contributed by atoms with van der Waals surface area (Å²) in [5.41, 5.74) is 2.35. The van der Waals surface area contributed by atoms with E-state index >= 15 is 0 Å². The minimum Gasteiger partial charge on any atom is -0.381 e. The van der Waals surface area contributed by atoms with Gasteiger partial charge in [-0.1, -0.05) is 6.92 Å². The van der Waals surface area contributed by atoms with Gasteiger partial charge >= 0.3 is 0 Å². The largest absolute Gasteiger partial charge is 0.381 e. The van der Waals surface area contributed by atoms with E-state index in [9.17, 15) is 0 Å². The van der Waals surface area contributed by atoms with Gasteiger partial charge < -0.3 is 15.0 Å². The smallest absolute Gasteiger partial charge is 0.0605 e. The Morgan fingerprint density at radius 2 is 2.16 bits per heavy atom. The van der Waals surface area contributed by atoms with Gasteiger partial charge in [0.2, 0.25) is 0 Å². The summed E-state index contributed by atoms with van der Waals surface area (Å²) in [5.74, 6) is 0. The van der Waals surface area contributed by atoms with E-state index in [1.807, 2.05) is 13.2 Å². The van der Waals surface area contributed by atoms with E-state index < -0.39 is 0 Å². The second kappa shape index (κ2) is 6.87. The lowest BCUT2D eigenvalue weighted by molar-refractivity contribution is 0.0819. The van der Waals surface area contributed by atoms with Gasteiger partial charge in [-0.2, -0.15) is 0 Å². The molecule has 0 amide bonds. The molecule has 1 N–H and O–H groups in total. The highest BCUT2D eigenvalue weighted by atomic mass is 16.5. The molecule has 0 saturated carbocycles. The Balaban J connectivity index is 1.99. The third kappa shape index (κ3) is 3.45. The summed E-state index contributed by atoms with van der Waals surface area (Å²) in [6.07, 6.45) is 5.70. The molecule has 2 heterocycles. The van der Waals surface area contributed by atoms with Crippen molar-refractivity contribution in [2.45, 2.75) is 38.3 Å². The van der Waals surface area contributed by atoms with Gasteiger partial charge in [-0.25, -0.2) is 0 Å². The van der Waals surface area contributed by atoms with Crippen LogP contribution >= 0.6 is 0 Å². The fraction of sp³-hybridized carbons (Fsp3) is 0.667. The van der Waals surface area contributed by atoms with Crippen LogP contribution in [0.3, 0.4) is 0 Å². The zero-order valence-electron chi connectivity index (χ0n) is 12.2. The molecule has 106 valence electrons. The second-order valence-corrected chi connectivity index (χ2v) is 5.11. The number of hydrogen-bond acceptors (Lipinski definition) is 4. The molecule has 1 aliphatic heterocycles. The van der Waals surface area contributed by atoms with Crippen LogP contribution in [0.5, 0.6) is 0 Å². The fourth-order valence-corrected chi connectivity index (χ4v) is 2.70. The van der Waals surface area contributed by atoms with E-state index in [1.54, 1.807) is 7.11 Å². The number of anilines is 1. The van der Waals surface area contributed by atoms with Crippen molar-refractivity contribution in [3.05, 3.63) is 24.0 Å². The van der Waals surface area contributed by atoms with Crippen molar-refractivity contribution in [2.24, 2.45) is 0 Å². The zero-order valence-corrected chi connectivity index (χ0v) is 12.2. The number of nitrogens with one attached hydrogen (secondary N) is 1. The number of hydrogen-bond donors (Lipinski definition) is 1. The molecule has 1 atom stereocenters. The highest BCUT2D eigenvalue weighted by Gasteiger charge is 2.19. The summed E-state index contributed by atoms with van der Waals surface area (Å²) in [6.45, 7) is 4.29. The van der Waals surface area contributed by atoms with Crippen LogP contribution < -0.4 is 10.2 Å². The Hall–Kier alpha value is -1.13. The summed E-state index contributed by atoms with van der Waals surface area (Å²) < 4.78 is 5.40. The maximum Gasteiger partial charge on any atom is 0.0605 e. The monoisotopic (exact) mass is 263 g/mol. The summed E-state index contributed by atoms with van der Waals surface area (Å²) in [7, 11) is 3.79. The summed E-state index contributed by atoms with van der Waals surface area (Å²) >= 11 is 0. The molecule has 4 nitrogen and oxygen atoms in total. The molecule has 1 aromatic heterocycles. The molecule has 1 saturated heterocycles. The molecule has 0 spiro atoms. The Morgan fingerprint density at radius 1 is 1.42 bits per heavy atom. The quantitative estimate of drug-likeness (QED) is 0.885. The van der Waals surface area contributed by atoms with Crippen LogP contribution in [0.25, 0.3) is 0 Å². The molecule has 1 aliphatic rings. The van der Waals surface area contributed by atoms with Crippen LogP contribution in [0.4, 0.5) is 5.69 Å². The van der Waals surface area contributed by atoms with Crippen LogP contribution in [-0.4, -0.2) is 38.3 Å². The average molecular weight is 263 g/mol. The van der Waals surface area contributed by atoms with Crippen LogP contribution in [-0.2, 0) is 4.74 Å². The molecule has 19 heavy (non-hydrogen) atoms. The van der Waals surface area contributed by atoms with E-state index in [0.29, 0.717) is 12.1 Å². The van der Waals surface area contributed by atoms with Crippen molar-refractivity contribution in [3.63, 3.8) is 0 Å². The first-order valence-electron chi connectivity index (χ1n) is 7.19. The highest BCUT2D eigenvalue weighted by molar-refractivity contribution is 5.45. The van der Waals surface area contributed by atoms with Crippen LogP contribution in [0, 0.1) is 0 Å². The molecule has 2 rings (SSSR count). The van der Waals surface area contributed by atoms with Crippen molar-refractivity contribution in [1.29, 1.82) is 0 Å². The first-order chi connectivity index (χ1) is 9.28. The predicted molar refractivity (Wildman–Crippen MR) is 78.6 cm³/mol. The zero-order chi connectivity index (χ0) is 13.7. The van der Waals surface area contributed by atoms with Crippen molar-refractivity contribution < 1.29 is 4.74 Å². The van der Waals surface area contributed by atoms with E-state index in [4.69, 9.17) is 4.74 Å². The van der Waals surface area contributed by atoms with Crippen LogP contribution in [0.1, 0.15) is 37.9 Å². The van der Waals surface area contributed by atoms with E-state index in [0.717, 1.165) is 38.0 Å². The van der Waals surface area contributed by atoms with Gasteiger partial charge in [0.05, 0.1) is 23.7 Å². The molecule has 1 unspecified atom stereocenters. The standard InChI is InChI=1S/C15H25N3O/c1-4-14(16-2)15-6-5-12(11-17-15)18-9-7-13(19-3)8-10-18/h5-6,11,13-14,16H,4,7-10H2,1-3H3. The van der Waals surface area contributed by atoms with E-state index in [-0.39, 0.29) is 0 Å². The van der Waals surface area contributed by atoms with E-state index in [2.05, 4.69) is 34.3 Å². The maximum absolute atomic E-state index is 5.40. The number of nitrogens with zero attached hydrogens (tertiary/aromatic N) is 2. The van der Waals surface area contributed by atoms with Crippen molar-refractivity contribution in [3.8, 4) is 0 Å². The molecular formula is C15H25N3O. The predicted octanol–water partition coefficient (Wildman–Crippen LogP) is 2.37. The molecule has 1 aromatic rings. The van der Waals surface area contributed by atoms with Gasteiger partial charge in [-0.3, -0.25) is 4.98 Å². The minimum atomic E-state index is 0.355. The lowest BCUT2D eigenvalue weighted by Crippen LogP contribution is -2.36. The first-order valence-corrected chi connectivity index (χ1v) is 7.19. The summed E-state index contributed by atoms with van der Waals surface area (Å²) in [4.78, 5) is 7.00. The van der Waals surface area contributed by atoms with Crippen molar-refractivity contribution in [1.82, 2.24) is 10.3 Å². The number of aromatic nitrogens is 1. The van der Waals surface area contributed by atoms with Gasteiger partial charge in [-0.05, 0) is 38.4 Å². The normalized spacial score (nSPS) is 18.6. The molecule has 0 radical (unpaired) electrons.